The zero-order valence-electron chi connectivity index (χ0n) is 14.0. The van der Waals surface area contributed by atoms with Gasteiger partial charge >= 0.3 is 0 Å². The molecule has 2 nitrogen and oxygen atoms in total. The lowest BCUT2D eigenvalue weighted by Crippen LogP contribution is -2.20. The number of benzene rings is 3. The van der Waals surface area contributed by atoms with Crippen molar-refractivity contribution in [2.45, 2.75) is 18.4 Å². The van der Waals surface area contributed by atoms with Crippen LogP contribution in [0.4, 0.5) is 0 Å². The number of rotatable bonds is 3. The molecule has 3 aromatic rings. The smallest absolute Gasteiger partial charge is 0.136 e. The van der Waals surface area contributed by atoms with Crippen LogP contribution in [0.15, 0.2) is 77.3 Å². The van der Waals surface area contributed by atoms with E-state index in [0.717, 1.165) is 22.4 Å². The fourth-order valence-electron chi connectivity index (χ4n) is 3.50. The van der Waals surface area contributed by atoms with E-state index in [9.17, 15) is 0 Å². The van der Waals surface area contributed by atoms with E-state index in [2.05, 4.69) is 76.6 Å². The first-order valence-corrected chi connectivity index (χ1v) is 9.19. The summed E-state index contributed by atoms with van der Waals surface area (Å²) in [5, 5.41) is 0. The van der Waals surface area contributed by atoms with Crippen LogP contribution in [-0.2, 0) is 0 Å². The predicted molar refractivity (Wildman–Crippen MR) is 103 cm³/mol. The largest absolute Gasteiger partial charge is 0.495 e. The average Bonchev–Trinajstić information content (AvgIpc) is 2.68. The molecule has 25 heavy (non-hydrogen) atoms. The molecular formula is C22H19BrO2. The van der Waals surface area contributed by atoms with Crippen LogP contribution in [0.3, 0.4) is 0 Å². The second kappa shape index (κ2) is 6.93. The van der Waals surface area contributed by atoms with Crippen LogP contribution in [0.2, 0.25) is 0 Å². The third kappa shape index (κ3) is 3.16. The van der Waals surface area contributed by atoms with Crippen molar-refractivity contribution >= 4 is 15.9 Å². The lowest BCUT2D eigenvalue weighted by atomic mass is 9.82. The Morgan fingerprint density at radius 3 is 2.20 bits per heavy atom. The Morgan fingerprint density at radius 2 is 1.56 bits per heavy atom. The normalized spacial score (nSPS) is 19.0. The Hall–Kier alpha value is -2.26. The molecule has 0 aromatic heterocycles. The zero-order valence-corrected chi connectivity index (χ0v) is 15.6. The third-order valence-electron chi connectivity index (χ3n) is 4.75. The molecule has 0 radical (unpaired) electrons. The summed E-state index contributed by atoms with van der Waals surface area (Å²) in [5.74, 6) is 1.98. The van der Waals surface area contributed by atoms with Crippen molar-refractivity contribution in [1.29, 1.82) is 0 Å². The molecule has 0 saturated heterocycles. The van der Waals surface area contributed by atoms with Gasteiger partial charge in [0.05, 0.1) is 11.6 Å². The van der Waals surface area contributed by atoms with Gasteiger partial charge in [0.2, 0.25) is 0 Å². The molecule has 1 aliphatic rings. The first-order valence-electron chi connectivity index (χ1n) is 8.40. The van der Waals surface area contributed by atoms with Crippen molar-refractivity contribution in [3.8, 4) is 11.5 Å². The fraction of sp³-hybridized carbons (Fsp3) is 0.182. The average molecular weight is 395 g/mol. The van der Waals surface area contributed by atoms with Gasteiger partial charge in [0.1, 0.15) is 17.6 Å². The van der Waals surface area contributed by atoms with Gasteiger partial charge in [-0.25, -0.2) is 0 Å². The molecule has 3 aromatic carbocycles. The Kier molecular flexibility index (Phi) is 4.50. The minimum Gasteiger partial charge on any atom is -0.495 e. The SMILES string of the molecule is COc1cc2c(cc1Br)[C@H](c1ccccc1)C[C@H](c1ccccc1)O2. The van der Waals surface area contributed by atoms with Crippen molar-refractivity contribution in [2.24, 2.45) is 0 Å². The summed E-state index contributed by atoms with van der Waals surface area (Å²) in [4.78, 5) is 0. The summed E-state index contributed by atoms with van der Waals surface area (Å²) in [6.45, 7) is 0. The highest BCUT2D eigenvalue weighted by molar-refractivity contribution is 9.10. The van der Waals surface area contributed by atoms with Gasteiger partial charge in [-0.15, -0.1) is 0 Å². The molecule has 0 bridgehead atoms. The summed E-state index contributed by atoms with van der Waals surface area (Å²) >= 11 is 3.62. The first-order chi connectivity index (χ1) is 12.3. The van der Waals surface area contributed by atoms with E-state index >= 15 is 0 Å². The molecule has 1 aliphatic heterocycles. The van der Waals surface area contributed by atoms with Crippen LogP contribution in [0.5, 0.6) is 11.5 Å². The molecule has 3 heteroatoms. The Balaban J connectivity index is 1.82. The van der Waals surface area contributed by atoms with E-state index in [0.29, 0.717) is 0 Å². The van der Waals surface area contributed by atoms with E-state index in [4.69, 9.17) is 9.47 Å². The lowest BCUT2D eigenvalue weighted by Gasteiger charge is -2.33. The van der Waals surface area contributed by atoms with Gasteiger partial charge in [0.25, 0.3) is 0 Å². The molecule has 0 amide bonds. The summed E-state index contributed by atoms with van der Waals surface area (Å²) in [5.41, 5.74) is 3.71. The molecule has 0 spiro atoms. The van der Waals surface area contributed by atoms with E-state index < -0.39 is 0 Å². The molecule has 0 N–H and O–H groups in total. The summed E-state index contributed by atoms with van der Waals surface area (Å²) in [6, 6.07) is 25.2. The summed E-state index contributed by atoms with van der Waals surface area (Å²) < 4.78 is 12.8. The molecular weight excluding hydrogens is 376 g/mol. The van der Waals surface area contributed by atoms with E-state index in [1.54, 1.807) is 7.11 Å². The Morgan fingerprint density at radius 1 is 0.920 bits per heavy atom. The van der Waals surface area contributed by atoms with Crippen LogP contribution in [0, 0.1) is 0 Å². The Labute approximate surface area is 156 Å². The maximum atomic E-state index is 6.37. The van der Waals surface area contributed by atoms with Crippen molar-refractivity contribution in [3.63, 3.8) is 0 Å². The molecule has 4 rings (SSSR count). The van der Waals surface area contributed by atoms with Gasteiger partial charge < -0.3 is 9.47 Å². The highest BCUT2D eigenvalue weighted by atomic mass is 79.9. The molecule has 1 heterocycles. The number of hydrogen-bond donors (Lipinski definition) is 0. The monoisotopic (exact) mass is 394 g/mol. The molecule has 126 valence electrons. The molecule has 0 fully saturated rings. The van der Waals surface area contributed by atoms with Gasteiger partial charge in [-0.05, 0) is 39.5 Å². The van der Waals surface area contributed by atoms with Crippen molar-refractivity contribution < 1.29 is 9.47 Å². The van der Waals surface area contributed by atoms with Gasteiger partial charge in [-0.1, -0.05) is 60.7 Å². The maximum Gasteiger partial charge on any atom is 0.136 e. The van der Waals surface area contributed by atoms with Crippen LogP contribution >= 0.6 is 15.9 Å². The summed E-state index contributed by atoms with van der Waals surface area (Å²) in [7, 11) is 1.68. The lowest BCUT2D eigenvalue weighted by molar-refractivity contribution is 0.166. The van der Waals surface area contributed by atoms with Crippen molar-refractivity contribution in [1.82, 2.24) is 0 Å². The summed E-state index contributed by atoms with van der Waals surface area (Å²) in [6.07, 6.45) is 0.949. The topological polar surface area (TPSA) is 18.5 Å². The third-order valence-corrected chi connectivity index (χ3v) is 5.37. The van der Waals surface area contributed by atoms with Gasteiger partial charge in [0, 0.05) is 17.5 Å². The minimum absolute atomic E-state index is 0.0322. The molecule has 2 atom stereocenters. The standard InChI is InChI=1S/C22H19BrO2/c1-24-22-14-21-18(12-19(22)23)17(15-8-4-2-5-9-15)13-20(25-21)16-10-6-3-7-11-16/h2-12,14,17,20H,13H2,1H3/t17-,20+/m0/s1. The second-order valence-corrected chi connectivity index (χ2v) is 7.10. The number of hydrogen-bond acceptors (Lipinski definition) is 2. The highest BCUT2D eigenvalue weighted by Gasteiger charge is 2.31. The van der Waals surface area contributed by atoms with Crippen LogP contribution in [0.1, 0.15) is 35.1 Å². The molecule has 0 saturated carbocycles. The quantitative estimate of drug-likeness (QED) is 0.533. The van der Waals surface area contributed by atoms with Gasteiger partial charge in [-0.3, -0.25) is 0 Å². The fourth-order valence-corrected chi connectivity index (χ4v) is 4.02. The van der Waals surface area contributed by atoms with Crippen LogP contribution in [0.25, 0.3) is 0 Å². The Bertz CT molecular complexity index is 862. The van der Waals surface area contributed by atoms with Gasteiger partial charge in [-0.2, -0.15) is 0 Å². The first kappa shape index (κ1) is 16.2. The van der Waals surface area contributed by atoms with Crippen molar-refractivity contribution in [2.75, 3.05) is 7.11 Å². The van der Waals surface area contributed by atoms with E-state index in [1.165, 1.54) is 16.7 Å². The van der Waals surface area contributed by atoms with E-state index in [1.807, 2.05) is 12.1 Å². The number of fused-ring (bicyclic) bond motifs is 1. The van der Waals surface area contributed by atoms with Gasteiger partial charge in [0.15, 0.2) is 0 Å². The minimum atomic E-state index is 0.0322. The number of halogens is 1. The second-order valence-electron chi connectivity index (χ2n) is 6.24. The zero-order chi connectivity index (χ0) is 17.2. The predicted octanol–water partition coefficient (Wildman–Crippen LogP) is 6.11. The number of methoxy groups -OCH3 is 1. The van der Waals surface area contributed by atoms with Crippen LogP contribution < -0.4 is 9.47 Å². The van der Waals surface area contributed by atoms with Crippen LogP contribution in [-0.4, -0.2) is 7.11 Å². The highest BCUT2D eigenvalue weighted by Crippen LogP contribution is 2.48. The number of ether oxygens (including phenoxy) is 2. The maximum absolute atomic E-state index is 6.37. The van der Waals surface area contributed by atoms with Crippen molar-refractivity contribution in [3.05, 3.63) is 94.0 Å². The van der Waals surface area contributed by atoms with E-state index in [-0.39, 0.29) is 12.0 Å². The molecule has 0 aliphatic carbocycles. The molecule has 0 unspecified atom stereocenters.